The Kier molecular flexibility index (Phi) is 6.10. The van der Waals surface area contributed by atoms with E-state index in [2.05, 4.69) is 15.5 Å². The number of aromatic nitrogens is 1. The van der Waals surface area contributed by atoms with Crippen LogP contribution >= 0.6 is 0 Å². The van der Waals surface area contributed by atoms with Gasteiger partial charge >= 0.3 is 5.97 Å². The molecule has 0 aliphatic heterocycles. The Balaban J connectivity index is 1.62. The van der Waals surface area contributed by atoms with Crippen LogP contribution in [-0.2, 0) is 6.61 Å². The van der Waals surface area contributed by atoms with Crippen molar-refractivity contribution >= 4 is 18.1 Å². The van der Waals surface area contributed by atoms with Gasteiger partial charge in [-0.1, -0.05) is 24.3 Å². The Morgan fingerprint density at radius 1 is 1.00 bits per heavy atom. The summed E-state index contributed by atoms with van der Waals surface area (Å²) < 4.78 is 5.81. The second kappa shape index (κ2) is 9.09. The van der Waals surface area contributed by atoms with E-state index in [1.807, 2.05) is 18.2 Å². The Morgan fingerprint density at radius 2 is 1.71 bits per heavy atom. The predicted octanol–water partition coefficient (Wildman–Crippen LogP) is 3.12. The van der Waals surface area contributed by atoms with Gasteiger partial charge in [-0.05, 0) is 42.0 Å². The molecule has 28 heavy (non-hydrogen) atoms. The number of nitrogens with one attached hydrogen (secondary N) is 1. The number of amides is 1. The van der Waals surface area contributed by atoms with Crippen molar-refractivity contribution in [3.63, 3.8) is 0 Å². The van der Waals surface area contributed by atoms with E-state index >= 15 is 0 Å². The minimum absolute atomic E-state index is 0.223. The van der Waals surface area contributed by atoms with E-state index in [0.717, 1.165) is 5.56 Å². The number of pyridine rings is 1. The van der Waals surface area contributed by atoms with Crippen molar-refractivity contribution in [3.05, 3.63) is 95.3 Å². The molecule has 0 fully saturated rings. The zero-order chi connectivity index (χ0) is 19.8. The molecule has 7 nitrogen and oxygen atoms in total. The van der Waals surface area contributed by atoms with Crippen molar-refractivity contribution in [1.29, 1.82) is 0 Å². The molecule has 0 spiro atoms. The summed E-state index contributed by atoms with van der Waals surface area (Å²) in [5.74, 6) is -0.717. The second-order valence-corrected chi connectivity index (χ2v) is 5.76. The van der Waals surface area contributed by atoms with Crippen molar-refractivity contribution in [1.82, 2.24) is 10.4 Å². The normalized spacial score (nSPS) is 10.6. The van der Waals surface area contributed by atoms with Gasteiger partial charge in [-0.25, -0.2) is 10.2 Å². The third-order valence-corrected chi connectivity index (χ3v) is 3.83. The number of rotatable bonds is 7. The Morgan fingerprint density at radius 3 is 2.43 bits per heavy atom. The van der Waals surface area contributed by atoms with Crippen molar-refractivity contribution in [3.8, 4) is 5.75 Å². The zero-order valence-electron chi connectivity index (χ0n) is 14.8. The SMILES string of the molecule is O=C(O)c1ccc(COc2ccccc2C=NNC(=O)c2ccncc2)cc1. The molecule has 0 aliphatic rings. The fourth-order valence-corrected chi connectivity index (χ4v) is 2.35. The monoisotopic (exact) mass is 375 g/mol. The molecular weight excluding hydrogens is 358 g/mol. The van der Waals surface area contributed by atoms with Crippen LogP contribution in [0.15, 0.2) is 78.2 Å². The van der Waals surface area contributed by atoms with E-state index in [4.69, 9.17) is 9.84 Å². The minimum atomic E-state index is -0.970. The van der Waals surface area contributed by atoms with Crippen molar-refractivity contribution in [2.24, 2.45) is 5.10 Å². The van der Waals surface area contributed by atoms with Gasteiger partial charge in [0.2, 0.25) is 0 Å². The van der Waals surface area contributed by atoms with Crippen LogP contribution in [0.4, 0.5) is 0 Å². The summed E-state index contributed by atoms with van der Waals surface area (Å²) >= 11 is 0. The van der Waals surface area contributed by atoms with Crippen LogP contribution in [0.2, 0.25) is 0 Å². The molecule has 0 saturated heterocycles. The van der Waals surface area contributed by atoms with Gasteiger partial charge in [-0.3, -0.25) is 9.78 Å². The summed E-state index contributed by atoms with van der Waals surface area (Å²) in [5, 5.41) is 12.9. The lowest BCUT2D eigenvalue weighted by Gasteiger charge is -2.09. The molecule has 2 aromatic carbocycles. The highest BCUT2D eigenvalue weighted by Crippen LogP contribution is 2.18. The summed E-state index contributed by atoms with van der Waals surface area (Å²) in [5.41, 5.74) is 4.67. The number of hydrazone groups is 1. The molecule has 1 amide bonds. The first-order chi connectivity index (χ1) is 13.6. The molecule has 2 N–H and O–H groups in total. The van der Waals surface area contributed by atoms with Gasteiger partial charge < -0.3 is 9.84 Å². The Labute approximate surface area is 161 Å². The van der Waals surface area contributed by atoms with Gasteiger partial charge in [-0.15, -0.1) is 0 Å². The van der Waals surface area contributed by atoms with Crippen molar-refractivity contribution < 1.29 is 19.4 Å². The number of carboxylic acid groups (broad SMARTS) is 1. The molecule has 0 radical (unpaired) electrons. The van der Waals surface area contributed by atoms with Crippen LogP contribution in [0.25, 0.3) is 0 Å². The standard InChI is InChI=1S/C21H17N3O4/c25-20(16-9-11-22-12-10-16)24-23-13-18-3-1-2-4-19(18)28-14-15-5-7-17(8-6-15)21(26)27/h1-13H,14H2,(H,24,25)(H,26,27). The summed E-state index contributed by atoms with van der Waals surface area (Å²) in [6, 6.07) is 16.9. The van der Waals surface area contributed by atoms with Crippen LogP contribution in [0.1, 0.15) is 31.8 Å². The third-order valence-electron chi connectivity index (χ3n) is 3.83. The van der Waals surface area contributed by atoms with Crippen LogP contribution in [0.5, 0.6) is 5.75 Å². The number of carbonyl (C=O) groups is 2. The highest BCUT2D eigenvalue weighted by atomic mass is 16.5. The average Bonchev–Trinajstić information content (AvgIpc) is 2.74. The maximum Gasteiger partial charge on any atom is 0.335 e. The smallest absolute Gasteiger partial charge is 0.335 e. The van der Waals surface area contributed by atoms with Gasteiger partial charge in [0.05, 0.1) is 11.8 Å². The molecule has 1 heterocycles. The summed E-state index contributed by atoms with van der Waals surface area (Å²) in [4.78, 5) is 26.7. The number of hydrogen-bond donors (Lipinski definition) is 2. The quantitative estimate of drug-likeness (QED) is 0.488. The molecule has 7 heteroatoms. The number of carbonyl (C=O) groups excluding carboxylic acids is 1. The van der Waals surface area contributed by atoms with E-state index in [-0.39, 0.29) is 18.1 Å². The van der Waals surface area contributed by atoms with E-state index in [0.29, 0.717) is 16.9 Å². The van der Waals surface area contributed by atoms with Crippen LogP contribution in [0, 0.1) is 0 Å². The number of nitrogens with zero attached hydrogens (tertiary/aromatic N) is 2. The Bertz CT molecular complexity index is 986. The zero-order valence-corrected chi connectivity index (χ0v) is 14.8. The number of ether oxygens (including phenoxy) is 1. The van der Waals surface area contributed by atoms with Gasteiger partial charge in [-0.2, -0.15) is 5.10 Å². The maximum absolute atomic E-state index is 12.0. The number of para-hydroxylation sites is 1. The third kappa shape index (κ3) is 5.01. The second-order valence-electron chi connectivity index (χ2n) is 5.76. The molecule has 0 saturated carbocycles. The molecule has 0 unspecified atom stereocenters. The average molecular weight is 375 g/mol. The lowest BCUT2D eigenvalue weighted by molar-refractivity contribution is 0.0696. The number of carboxylic acids is 1. The number of hydrogen-bond acceptors (Lipinski definition) is 5. The van der Waals surface area contributed by atoms with Gasteiger partial charge in [0.1, 0.15) is 12.4 Å². The van der Waals surface area contributed by atoms with E-state index in [1.54, 1.807) is 30.3 Å². The van der Waals surface area contributed by atoms with Crippen LogP contribution in [0.3, 0.4) is 0 Å². The molecular formula is C21H17N3O4. The van der Waals surface area contributed by atoms with E-state index in [9.17, 15) is 9.59 Å². The number of benzene rings is 2. The predicted molar refractivity (Wildman–Crippen MR) is 103 cm³/mol. The van der Waals surface area contributed by atoms with E-state index in [1.165, 1.54) is 30.7 Å². The first kappa shape index (κ1) is 18.8. The van der Waals surface area contributed by atoms with Gasteiger partial charge in [0, 0.05) is 23.5 Å². The van der Waals surface area contributed by atoms with Crippen molar-refractivity contribution in [2.45, 2.75) is 6.61 Å². The van der Waals surface area contributed by atoms with E-state index < -0.39 is 5.97 Å². The lowest BCUT2D eigenvalue weighted by atomic mass is 10.1. The van der Waals surface area contributed by atoms with Crippen LogP contribution < -0.4 is 10.2 Å². The fourth-order valence-electron chi connectivity index (χ4n) is 2.35. The van der Waals surface area contributed by atoms with Crippen LogP contribution in [-0.4, -0.2) is 28.2 Å². The maximum atomic E-state index is 12.0. The molecule has 0 bridgehead atoms. The topological polar surface area (TPSA) is 101 Å². The summed E-state index contributed by atoms with van der Waals surface area (Å²) in [7, 11) is 0. The largest absolute Gasteiger partial charge is 0.488 e. The van der Waals surface area contributed by atoms with Gasteiger partial charge in [0.25, 0.3) is 5.91 Å². The summed E-state index contributed by atoms with van der Waals surface area (Å²) in [6.45, 7) is 0.272. The fraction of sp³-hybridized carbons (Fsp3) is 0.0476. The highest BCUT2D eigenvalue weighted by Gasteiger charge is 2.05. The lowest BCUT2D eigenvalue weighted by Crippen LogP contribution is -2.17. The van der Waals surface area contributed by atoms with Crippen molar-refractivity contribution in [2.75, 3.05) is 0 Å². The van der Waals surface area contributed by atoms with Gasteiger partial charge in [0.15, 0.2) is 0 Å². The number of aromatic carboxylic acids is 1. The molecule has 0 aliphatic carbocycles. The Hall–Kier alpha value is -4.00. The first-order valence-electron chi connectivity index (χ1n) is 8.41. The highest BCUT2D eigenvalue weighted by molar-refractivity contribution is 5.95. The molecule has 3 rings (SSSR count). The first-order valence-corrected chi connectivity index (χ1v) is 8.41. The summed E-state index contributed by atoms with van der Waals surface area (Å²) in [6.07, 6.45) is 4.57. The minimum Gasteiger partial charge on any atom is -0.488 e. The molecule has 0 atom stereocenters. The molecule has 1 aromatic heterocycles. The molecule has 140 valence electrons. The molecule has 3 aromatic rings.